The summed E-state index contributed by atoms with van der Waals surface area (Å²) < 4.78 is 15.3. The summed E-state index contributed by atoms with van der Waals surface area (Å²) in [7, 11) is 0. The lowest BCUT2D eigenvalue weighted by Gasteiger charge is -2.07. The first kappa shape index (κ1) is 16.7. The molecule has 0 spiro atoms. The van der Waals surface area contributed by atoms with Gasteiger partial charge in [0.25, 0.3) is 0 Å². The van der Waals surface area contributed by atoms with E-state index in [4.69, 9.17) is 13.9 Å². The van der Waals surface area contributed by atoms with Gasteiger partial charge in [-0.25, -0.2) is 9.59 Å². The normalized spacial score (nSPS) is 10.6. The summed E-state index contributed by atoms with van der Waals surface area (Å²) in [5.41, 5.74) is 0.412. The van der Waals surface area contributed by atoms with Gasteiger partial charge in [0, 0.05) is 34.5 Å². The second-order valence-electron chi connectivity index (χ2n) is 4.95. The summed E-state index contributed by atoms with van der Waals surface area (Å²) >= 11 is 0.964. The van der Waals surface area contributed by atoms with Gasteiger partial charge >= 0.3 is 16.6 Å². The summed E-state index contributed by atoms with van der Waals surface area (Å²) in [4.78, 5) is 33.0. The third-order valence-corrected chi connectivity index (χ3v) is 4.10. The Morgan fingerprint density at radius 3 is 2.80 bits per heavy atom. The van der Waals surface area contributed by atoms with Gasteiger partial charge in [0.2, 0.25) is 0 Å². The average Bonchev–Trinajstić information content (AvgIpc) is 3.07. The van der Waals surface area contributed by atoms with Crippen LogP contribution in [0.5, 0.6) is 5.75 Å². The van der Waals surface area contributed by atoms with Crippen LogP contribution in [-0.4, -0.2) is 17.5 Å². The van der Waals surface area contributed by atoms with Crippen molar-refractivity contribution in [3.63, 3.8) is 0 Å². The highest BCUT2D eigenvalue weighted by Gasteiger charge is 2.12. The highest BCUT2D eigenvalue weighted by molar-refractivity contribution is 7.13. The number of thiophene rings is 1. The van der Waals surface area contributed by atoms with E-state index < -0.39 is 16.5 Å². The standard InChI is InChI=1S/C16H11NO7S/c18-15-4-2-11-1-3-12(6-13(11)24-15)22-8-16(19)23-7-10-5-14(17(20)21)25-9-10/h1-6,9H,7-8H2. The van der Waals surface area contributed by atoms with E-state index in [1.165, 1.54) is 18.2 Å². The number of carbonyl (C=O) groups excluding carboxylic acids is 1. The molecule has 2 aromatic heterocycles. The average molecular weight is 361 g/mol. The molecule has 0 aliphatic carbocycles. The van der Waals surface area contributed by atoms with Gasteiger partial charge in [-0.15, -0.1) is 0 Å². The number of carbonyl (C=O) groups is 1. The van der Waals surface area contributed by atoms with Crippen molar-refractivity contribution in [1.82, 2.24) is 0 Å². The second kappa shape index (κ2) is 7.14. The van der Waals surface area contributed by atoms with Crippen LogP contribution in [0.25, 0.3) is 11.0 Å². The fraction of sp³-hybridized carbons (Fsp3) is 0.125. The molecule has 3 rings (SSSR count). The van der Waals surface area contributed by atoms with Gasteiger partial charge in [0.1, 0.15) is 17.9 Å². The van der Waals surface area contributed by atoms with Crippen molar-refractivity contribution < 1.29 is 23.6 Å². The van der Waals surface area contributed by atoms with Gasteiger partial charge in [-0.1, -0.05) is 11.3 Å². The van der Waals surface area contributed by atoms with Gasteiger partial charge in [-0.3, -0.25) is 10.1 Å². The number of esters is 1. The summed E-state index contributed by atoms with van der Waals surface area (Å²) in [6, 6.07) is 9.13. The molecule has 3 aromatic rings. The van der Waals surface area contributed by atoms with E-state index in [0.29, 0.717) is 16.9 Å². The molecule has 0 aliphatic rings. The smallest absolute Gasteiger partial charge is 0.344 e. The molecule has 0 amide bonds. The molecule has 9 heteroatoms. The molecule has 0 unspecified atom stereocenters. The van der Waals surface area contributed by atoms with E-state index in [1.807, 2.05) is 0 Å². The molecule has 0 saturated heterocycles. The van der Waals surface area contributed by atoms with Crippen LogP contribution in [0.4, 0.5) is 5.00 Å². The lowest BCUT2D eigenvalue weighted by molar-refractivity contribution is -0.380. The number of nitro groups is 1. The maximum absolute atomic E-state index is 11.7. The van der Waals surface area contributed by atoms with E-state index in [9.17, 15) is 19.7 Å². The third kappa shape index (κ3) is 4.21. The van der Waals surface area contributed by atoms with Gasteiger partial charge < -0.3 is 13.9 Å². The predicted octanol–water partition coefficient (Wildman–Crippen LogP) is 2.88. The van der Waals surface area contributed by atoms with Crippen molar-refractivity contribution in [2.45, 2.75) is 6.61 Å². The van der Waals surface area contributed by atoms with Crippen molar-refractivity contribution in [1.29, 1.82) is 0 Å². The lowest BCUT2D eigenvalue weighted by atomic mass is 10.2. The van der Waals surface area contributed by atoms with Crippen LogP contribution in [0.15, 0.2) is 51.0 Å². The van der Waals surface area contributed by atoms with Crippen molar-refractivity contribution >= 4 is 33.3 Å². The quantitative estimate of drug-likeness (QED) is 0.287. The Labute approximate surface area is 144 Å². The van der Waals surface area contributed by atoms with Gasteiger partial charge in [0.05, 0.1) is 4.92 Å². The van der Waals surface area contributed by atoms with Crippen LogP contribution in [0.2, 0.25) is 0 Å². The van der Waals surface area contributed by atoms with Crippen LogP contribution < -0.4 is 10.4 Å². The van der Waals surface area contributed by atoms with Crippen molar-refractivity contribution in [2.75, 3.05) is 6.61 Å². The largest absolute Gasteiger partial charge is 0.482 e. The van der Waals surface area contributed by atoms with E-state index in [-0.39, 0.29) is 18.2 Å². The maximum Gasteiger partial charge on any atom is 0.344 e. The zero-order chi connectivity index (χ0) is 17.8. The van der Waals surface area contributed by atoms with Crippen molar-refractivity contribution in [3.8, 4) is 5.75 Å². The first-order valence-corrected chi connectivity index (χ1v) is 7.93. The van der Waals surface area contributed by atoms with Crippen LogP contribution in [0.3, 0.4) is 0 Å². The molecule has 0 saturated carbocycles. The minimum absolute atomic E-state index is 0.0139. The Balaban J connectivity index is 1.54. The zero-order valence-corrected chi connectivity index (χ0v) is 13.5. The third-order valence-electron chi connectivity index (χ3n) is 3.17. The number of benzene rings is 1. The summed E-state index contributed by atoms with van der Waals surface area (Å²) in [5.74, 6) is -0.270. The van der Waals surface area contributed by atoms with Crippen LogP contribution in [0, 0.1) is 10.1 Å². The number of ether oxygens (including phenoxy) is 2. The number of rotatable bonds is 6. The summed E-state index contributed by atoms with van der Waals surface area (Å²) in [6.07, 6.45) is 0. The molecule has 8 nitrogen and oxygen atoms in total. The molecular formula is C16H11NO7S. The van der Waals surface area contributed by atoms with Gasteiger partial charge in [0.15, 0.2) is 6.61 Å². The first-order valence-electron chi connectivity index (χ1n) is 7.05. The molecule has 0 radical (unpaired) electrons. The molecule has 1 aromatic carbocycles. The topological polar surface area (TPSA) is 109 Å². The number of hydrogen-bond acceptors (Lipinski definition) is 8. The molecule has 0 N–H and O–H groups in total. The molecule has 0 atom stereocenters. The van der Waals surface area contributed by atoms with Gasteiger partial charge in [-0.05, 0) is 18.2 Å². The second-order valence-corrected chi connectivity index (χ2v) is 5.84. The molecule has 0 aliphatic heterocycles. The fourth-order valence-corrected chi connectivity index (χ4v) is 2.73. The predicted molar refractivity (Wildman–Crippen MR) is 88.7 cm³/mol. The molecular weight excluding hydrogens is 350 g/mol. The summed E-state index contributed by atoms with van der Waals surface area (Å²) in [6.45, 7) is -0.409. The fourth-order valence-electron chi connectivity index (χ4n) is 2.01. The van der Waals surface area contributed by atoms with E-state index >= 15 is 0 Å². The molecule has 2 heterocycles. The Bertz CT molecular complexity index is 991. The Morgan fingerprint density at radius 2 is 2.04 bits per heavy atom. The highest BCUT2D eigenvalue weighted by Crippen LogP contribution is 2.23. The first-order chi connectivity index (χ1) is 12.0. The van der Waals surface area contributed by atoms with Gasteiger partial charge in [-0.2, -0.15) is 0 Å². The molecule has 0 bridgehead atoms. The minimum Gasteiger partial charge on any atom is -0.482 e. The van der Waals surface area contributed by atoms with Crippen LogP contribution >= 0.6 is 11.3 Å². The summed E-state index contributed by atoms with van der Waals surface area (Å²) in [5, 5.41) is 12.9. The van der Waals surface area contributed by atoms with E-state index in [1.54, 1.807) is 23.6 Å². The van der Waals surface area contributed by atoms with E-state index in [0.717, 1.165) is 16.7 Å². The number of hydrogen-bond donors (Lipinski definition) is 0. The maximum atomic E-state index is 11.7. The zero-order valence-electron chi connectivity index (χ0n) is 12.7. The lowest BCUT2D eigenvalue weighted by Crippen LogP contribution is -2.14. The Hall–Kier alpha value is -3.20. The van der Waals surface area contributed by atoms with Crippen LogP contribution in [0.1, 0.15) is 5.56 Å². The molecule has 0 fully saturated rings. The SMILES string of the molecule is O=C(COc1ccc2ccc(=O)oc2c1)OCc1csc([N+](=O)[O-])c1. The molecule has 25 heavy (non-hydrogen) atoms. The number of fused-ring (bicyclic) bond motifs is 1. The van der Waals surface area contributed by atoms with E-state index in [2.05, 4.69) is 0 Å². The van der Waals surface area contributed by atoms with Crippen molar-refractivity contribution in [3.05, 3.63) is 67.9 Å². The monoisotopic (exact) mass is 361 g/mol. The highest BCUT2D eigenvalue weighted by atomic mass is 32.1. The minimum atomic E-state index is -0.622. The Morgan fingerprint density at radius 1 is 1.24 bits per heavy atom. The van der Waals surface area contributed by atoms with Crippen LogP contribution in [-0.2, 0) is 16.1 Å². The number of nitrogens with zero attached hydrogens (tertiary/aromatic N) is 1. The van der Waals surface area contributed by atoms with Crippen molar-refractivity contribution in [2.24, 2.45) is 0 Å². The Kier molecular flexibility index (Phi) is 4.75. The molecule has 128 valence electrons.